The van der Waals surface area contributed by atoms with Crippen LogP contribution in [0.5, 0.6) is 0 Å². The number of anilines is 1. The molecular formula is C17H21N3O2. The average Bonchev–Trinajstić information content (AvgIpc) is 2.54. The zero-order chi connectivity index (χ0) is 16.3. The zero-order valence-electron chi connectivity index (χ0n) is 13.0. The van der Waals surface area contributed by atoms with E-state index in [2.05, 4.69) is 5.32 Å². The van der Waals surface area contributed by atoms with Crippen molar-refractivity contribution in [1.82, 2.24) is 4.57 Å². The van der Waals surface area contributed by atoms with Gasteiger partial charge in [0.15, 0.2) is 0 Å². The van der Waals surface area contributed by atoms with Crippen molar-refractivity contribution >= 4 is 11.6 Å². The summed E-state index contributed by atoms with van der Waals surface area (Å²) in [4.78, 5) is 24.5. The topological polar surface area (TPSA) is 77.1 Å². The van der Waals surface area contributed by atoms with Crippen LogP contribution in [-0.2, 0) is 11.8 Å². The van der Waals surface area contributed by atoms with E-state index in [0.717, 1.165) is 11.1 Å². The van der Waals surface area contributed by atoms with E-state index in [1.54, 1.807) is 33.2 Å². The van der Waals surface area contributed by atoms with Crippen LogP contribution in [0.3, 0.4) is 0 Å². The van der Waals surface area contributed by atoms with E-state index in [1.807, 2.05) is 30.3 Å². The Hall–Kier alpha value is -2.40. The van der Waals surface area contributed by atoms with Crippen LogP contribution < -0.4 is 16.6 Å². The number of benzene rings is 1. The number of hydrogen-bond acceptors (Lipinski definition) is 3. The molecule has 1 aromatic carbocycles. The fourth-order valence-corrected chi connectivity index (χ4v) is 2.24. The highest BCUT2D eigenvalue weighted by molar-refractivity contribution is 5.93. The third kappa shape index (κ3) is 3.26. The molecule has 2 unspecified atom stereocenters. The van der Waals surface area contributed by atoms with Gasteiger partial charge in [-0.25, -0.2) is 0 Å². The van der Waals surface area contributed by atoms with E-state index in [0.29, 0.717) is 5.69 Å². The van der Waals surface area contributed by atoms with Crippen molar-refractivity contribution in [1.29, 1.82) is 0 Å². The second-order valence-corrected chi connectivity index (χ2v) is 5.50. The maximum atomic E-state index is 12.4. The first-order valence-electron chi connectivity index (χ1n) is 7.19. The second-order valence-electron chi connectivity index (χ2n) is 5.50. The highest BCUT2D eigenvalue weighted by Gasteiger charge is 2.23. The van der Waals surface area contributed by atoms with Crippen molar-refractivity contribution < 1.29 is 4.79 Å². The number of aryl methyl sites for hydroxylation is 2. The van der Waals surface area contributed by atoms with Crippen LogP contribution in [0.15, 0.2) is 47.4 Å². The number of nitrogens with one attached hydrogen (secondary N) is 1. The Morgan fingerprint density at radius 3 is 2.50 bits per heavy atom. The summed E-state index contributed by atoms with van der Waals surface area (Å²) < 4.78 is 1.43. The summed E-state index contributed by atoms with van der Waals surface area (Å²) in [7, 11) is 1.65. The van der Waals surface area contributed by atoms with Crippen molar-refractivity contribution in [3.05, 3.63) is 64.1 Å². The van der Waals surface area contributed by atoms with Crippen LogP contribution >= 0.6 is 0 Å². The summed E-state index contributed by atoms with van der Waals surface area (Å²) in [6, 6.07) is 10.8. The number of amides is 1. The zero-order valence-corrected chi connectivity index (χ0v) is 13.0. The number of nitrogens with two attached hydrogens (primary N) is 1. The molecule has 1 aromatic heterocycles. The molecule has 2 rings (SSSR count). The highest BCUT2D eigenvalue weighted by Crippen LogP contribution is 2.20. The molecule has 0 bridgehead atoms. The summed E-state index contributed by atoms with van der Waals surface area (Å²) in [5, 5.41) is 2.72. The van der Waals surface area contributed by atoms with Crippen LogP contribution in [0, 0.1) is 12.8 Å². The van der Waals surface area contributed by atoms with Gasteiger partial charge in [-0.1, -0.05) is 37.3 Å². The molecule has 1 heterocycles. The fourth-order valence-electron chi connectivity index (χ4n) is 2.24. The third-order valence-corrected chi connectivity index (χ3v) is 3.86. The Morgan fingerprint density at radius 1 is 1.23 bits per heavy atom. The van der Waals surface area contributed by atoms with Gasteiger partial charge in [-0.15, -0.1) is 0 Å². The van der Waals surface area contributed by atoms with Crippen molar-refractivity contribution in [2.75, 3.05) is 5.32 Å². The van der Waals surface area contributed by atoms with E-state index in [4.69, 9.17) is 5.73 Å². The number of carbonyl (C=O) groups excluding carboxylic acids is 1. The maximum Gasteiger partial charge on any atom is 0.274 e. The van der Waals surface area contributed by atoms with Crippen molar-refractivity contribution in [2.45, 2.75) is 19.9 Å². The molecule has 2 aromatic rings. The molecule has 0 spiro atoms. The van der Waals surface area contributed by atoms with Crippen molar-refractivity contribution in [3.8, 4) is 0 Å². The van der Waals surface area contributed by atoms with Crippen LogP contribution in [0.1, 0.15) is 24.1 Å². The van der Waals surface area contributed by atoms with E-state index in [1.165, 1.54) is 4.57 Å². The molecule has 5 heteroatoms. The number of nitrogens with zero attached hydrogens (tertiary/aromatic N) is 1. The lowest BCUT2D eigenvalue weighted by Gasteiger charge is -2.20. The van der Waals surface area contributed by atoms with Gasteiger partial charge < -0.3 is 15.6 Å². The van der Waals surface area contributed by atoms with Gasteiger partial charge in [-0.05, 0) is 24.1 Å². The molecule has 5 nitrogen and oxygen atoms in total. The van der Waals surface area contributed by atoms with Crippen molar-refractivity contribution in [2.24, 2.45) is 18.7 Å². The molecule has 2 atom stereocenters. The van der Waals surface area contributed by atoms with Gasteiger partial charge in [0.1, 0.15) is 5.69 Å². The molecule has 0 fully saturated rings. The lowest BCUT2D eigenvalue weighted by molar-refractivity contribution is -0.120. The molecule has 3 N–H and O–H groups in total. The Balaban J connectivity index is 2.19. The molecule has 0 aliphatic carbocycles. The molecule has 22 heavy (non-hydrogen) atoms. The molecule has 0 aliphatic heterocycles. The minimum Gasteiger partial charge on any atom is -0.323 e. The van der Waals surface area contributed by atoms with Gasteiger partial charge in [-0.2, -0.15) is 0 Å². The first-order valence-corrected chi connectivity index (χ1v) is 7.19. The van der Waals surface area contributed by atoms with E-state index >= 15 is 0 Å². The molecule has 116 valence electrons. The number of aromatic nitrogens is 1. The van der Waals surface area contributed by atoms with Crippen molar-refractivity contribution in [3.63, 3.8) is 0 Å². The first-order chi connectivity index (χ1) is 10.4. The Kier molecular flexibility index (Phi) is 4.78. The van der Waals surface area contributed by atoms with Gasteiger partial charge in [-0.3, -0.25) is 9.59 Å². The lowest BCUT2D eigenvalue weighted by atomic mass is 9.94. The quantitative estimate of drug-likeness (QED) is 0.906. The van der Waals surface area contributed by atoms with Crippen LogP contribution in [-0.4, -0.2) is 10.5 Å². The van der Waals surface area contributed by atoms with Gasteiger partial charge in [0.2, 0.25) is 5.91 Å². The normalized spacial score (nSPS) is 13.5. The fraction of sp³-hybridized carbons (Fsp3) is 0.294. The minimum atomic E-state index is -0.452. The number of rotatable bonds is 4. The molecule has 0 radical (unpaired) electrons. The number of pyridine rings is 1. The molecule has 0 saturated heterocycles. The summed E-state index contributed by atoms with van der Waals surface area (Å²) in [5.41, 5.74) is 7.86. The maximum absolute atomic E-state index is 12.4. The Bertz CT molecular complexity index is 722. The molecule has 1 amide bonds. The summed E-state index contributed by atoms with van der Waals surface area (Å²) in [6.07, 6.45) is 1.67. The molecule has 0 saturated carbocycles. The third-order valence-electron chi connectivity index (χ3n) is 3.86. The monoisotopic (exact) mass is 299 g/mol. The largest absolute Gasteiger partial charge is 0.323 e. The lowest BCUT2D eigenvalue weighted by Crippen LogP contribution is -2.33. The van der Waals surface area contributed by atoms with E-state index in [-0.39, 0.29) is 11.5 Å². The smallest absolute Gasteiger partial charge is 0.274 e. The standard InChI is InChI=1S/C17H21N3O2/c1-11-9-10-20(3)17(22)15(11)19-16(21)12(2)14(18)13-7-5-4-6-8-13/h4-10,12,14H,18H2,1-3H3,(H,19,21). The van der Waals surface area contributed by atoms with Gasteiger partial charge in [0.25, 0.3) is 5.56 Å². The minimum absolute atomic E-state index is 0.228. The molecule has 0 aliphatic rings. The Morgan fingerprint density at radius 2 is 1.86 bits per heavy atom. The SMILES string of the molecule is Cc1ccn(C)c(=O)c1NC(=O)C(C)C(N)c1ccccc1. The van der Waals surface area contributed by atoms with Crippen LogP contribution in [0.4, 0.5) is 5.69 Å². The summed E-state index contributed by atoms with van der Waals surface area (Å²) in [6.45, 7) is 3.55. The second kappa shape index (κ2) is 6.58. The summed E-state index contributed by atoms with van der Waals surface area (Å²) in [5.74, 6) is -0.713. The van der Waals surface area contributed by atoms with E-state index in [9.17, 15) is 9.59 Å². The van der Waals surface area contributed by atoms with Gasteiger partial charge >= 0.3 is 0 Å². The molecular weight excluding hydrogens is 278 g/mol. The van der Waals surface area contributed by atoms with Gasteiger partial charge in [0, 0.05) is 19.3 Å². The Labute approximate surface area is 129 Å². The van der Waals surface area contributed by atoms with Crippen LogP contribution in [0.25, 0.3) is 0 Å². The number of carbonyl (C=O) groups is 1. The summed E-state index contributed by atoms with van der Waals surface area (Å²) >= 11 is 0. The predicted octanol–water partition coefficient (Wildman–Crippen LogP) is 1.97. The predicted molar refractivity (Wildman–Crippen MR) is 87.6 cm³/mol. The number of hydrogen-bond donors (Lipinski definition) is 2. The highest BCUT2D eigenvalue weighted by atomic mass is 16.2. The van der Waals surface area contributed by atoms with Crippen LogP contribution in [0.2, 0.25) is 0 Å². The van der Waals surface area contributed by atoms with E-state index < -0.39 is 12.0 Å². The average molecular weight is 299 g/mol. The first kappa shape index (κ1) is 16.0. The van der Waals surface area contributed by atoms with Gasteiger partial charge in [0.05, 0.1) is 5.92 Å².